The van der Waals surface area contributed by atoms with Crippen molar-refractivity contribution in [1.82, 2.24) is 24.7 Å². The Labute approximate surface area is 231 Å². The first-order valence-electron chi connectivity index (χ1n) is 13.5. The summed E-state index contributed by atoms with van der Waals surface area (Å²) in [5.41, 5.74) is 8.35. The van der Waals surface area contributed by atoms with Crippen molar-refractivity contribution in [3.8, 4) is 11.3 Å². The molecular weight excluding hydrogens is 504 g/mol. The standard InChI is InChI=1S/C30H30N8O2/c1-18-15-32-30(33-25-14-19(2)36(3)35-25)34-27(18)22-16-31-28-21(22)7-5-9-24(28)38-17-20-6-4-8-23(26(20)29(38)39)37-10-12-40-13-11-37/h4-9,14-16,31H,10-13,17H2,1-3H3,(H,32,33,34,35). The number of hydrogen-bond donors (Lipinski definition) is 2. The third-order valence-electron chi connectivity index (χ3n) is 7.83. The Bertz CT molecular complexity index is 1750. The van der Waals surface area contributed by atoms with Gasteiger partial charge < -0.3 is 24.8 Å². The second-order valence-corrected chi connectivity index (χ2v) is 10.3. The summed E-state index contributed by atoms with van der Waals surface area (Å²) in [4.78, 5) is 30.8. The number of benzene rings is 2. The predicted octanol–water partition coefficient (Wildman–Crippen LogP) is 4.72. The van der Waals surface area contributed by atoms with Gasteiger partial charge in [0.2, 0.25) is 5.95 Å². The third-order valence-corrected chi connectivity index (χ3v) is 7.83. The van der Waals surface area contributed by atoms with Crippen LogP contribution in [-0.4, -0.2) is 56.9 Å². The Morgan fingerprint density at radius 3 is 2.65 bits per heavy atom. The Hall–Kier alpha value is -4.70. The van der Waals surface area contributed by atoms with E-state index in [4.69, 9.17) is 9.72 Å². The quantitative estimate of drug-likeness (QED) is 0.336. The highest BCUT2D eigenvalue weighted by Crippen LogP contribution is 2.40. The lowest BCUT2D eigenvalue weighted by molar-refractivity contribution is 0.0995. The largest absolute Gasteiger partial charge is 0.378 e. The van der Waals surface area contributed by atoms with E-state index >= 15 is 0 Å². The number of amides is 1. The molecule has 40 heavy (non-hydrogen) atoms. The number of aryl methyl sites for hydroxylation is 3. The van der Waals surface area contributed by atoms with Crippen LogP contribution in [-0.2, 0) is 18.3 Å². The molecule has 2 aliphatic heterocycles. The number of rotatable bonds is 5. The van der Waals surface area contributed by atoms with Crippen LogP contribution in [0.15, 0.2) is 54.9 Å². The lowest BCUT2D eigenvalue weighted by Crippen LogP contribution is -2.37. The Morgan fingerprint density at radius 2 is 1.85 bits per heavy atom. The van der Waals surface area contributed by atoms with Crippen molar-refractivity contribution in [3.63, 3.8) is 0 Å². The molecule has 2 aliphatic rings. The second-order valence-electron chi connectivity index (χ2n) is 10.3. The van der Waals surface area contributed by atoms with Gasteiger partial charge in [-0.1, -0.05) is 24.3 Å². The van der Waals surface area contributed by atoms with Gasteiger partial charge >= 0.3 is 0 Å². The van der Waals surface area contributed by atoms with Crippen molar-refractivity contribution in [2.45, 2.75) is 20.4 Å². The lowest BCUT2D eigenvalue weighted by atomic mass is 10.1. The van der Waals surface area contributed by atoms with Crippen LogP contribution in [0.3, 0.4) is 0 Å². The van der Waals surface area contributed by atoms with Crippen LogP contribution in [0.5, 0.6) is 0 Å². The lowest BCUT2D eigenvalue weighted by Gasteiger charge is -2.30. The zero-order valence-electron chi connectivity index (χ0n) is 22.7. The van der Waals surface area contributed by atoms with E-state index in [0.717, 1.165) is 69.0 Å². The second kappa shape index (κ2) is 9.49. The highest BCUT2D eigenvalue weighted by Gasteiger charge is 2.34. The van der Waals surface area contributed by atoms with E-state index in [-0.39, 0.29) is 5.91 Å². The molecule has 202 valence electrons. The van der Waals surface area contributed by atoms with Gasteiger partial charge in [0.15, 0.2) is 5.82 Å². The molecule has 5 aromatic rings. The first kappa shape index (κ1) is 24.3. The fourth-order valence-electron chi connectivity index (χ4n) is 5.68. The normalized spacial score (nSPS) is 15.2. The van der Waals surface area contributed by atoms with Gasteiger partial charge in [0.25, 0.3) is 5.91 Å². The molecule has 1 fully saturated rings. The molecule has 2 N–H and O–H groups in total. The molecule has 2 aromatic carbocycles. The Balaban J connectivity index is 1.24. The zero-order chi connectivity index (χ0) is 27.4. The molecular formula is C30H30N8O2. The maximum absolute atomic E-state index is 13.9. The number of carbonyl (C=O) groups excluding carboxylic acids is 1. The number of aromatic nitrogens is 5. The number of aromatic amines is 1. The van der Waals surface area contributed by atoms with Crippen molar-refractivity contribution >= 4 is 40.0 Å². The van der Waals surface area contributed by atoms with Crippen molar-refractivity contribution in [2.75, 3.05) is 41.4 Å². The van der Waals surface area contributed by atoms with E-state index in [1.165, 1.54) is 0 Å². The molecule has 0 aliphatic carbocycles. The summed E-state index contributed by atoms with van der Waals surface area (Å²) in [6, 6.07) is 14.2. The molecule has 0 atom stereocenters. The average Bonchev–Trinajstić information content (AvgIpc) is 3.65. The van der Waals surface area contributed by atoms with Crippen LogP contribution in [0.25, 0.3) is 22.2 Å². The van der Waals surface area contributed by atoms with Gasteiger partial charge in [0.05, 0.1) is 47.9 Å². The Morgan fingerprint density at radius 1 is 1.05 bits per heavy atom. The van der Waals surface area contributed by atoms with E-state index in [2.05, 4.69) is 43.5 Å². The molecule has 1 amide bonds. The molecule has 1 saturated heterocycles. The third kappa shape index (κ3) is 3.99. The molecule has 3 aromatic heterocycles. The Kier molecular flexibility index (Phi) is 5.78. The van der Waals surface area contributed by atoms with Gasteiger partial charge in [-0.05, 0) is 37.1 Å². The monoisotopic (exact) mass is 534 g/mol. The van der Waals surface area contributed by atoms with Gasteiger partial charge in [-0.25, -0.2) is 9.97 Å². The van der Waals surface area contributed by atoms with Crippen LogP contribution in [0.1, 0.15) is 27.2 Å². The van der Waals surface area contributed by atoms with Crippen LogP contribution in [0, 0.1) is 13.8 Å². The molecule has 10 nitrogen and oxygen atoms in total. The average molecular weight is 535 g/mol. The summed E-state index contributed by atoms with van der Waals surface area (Å²) < 4.78 is 7.34. The fourth-order valence-corrected chi connectivity index (χ4v) is 5.68. The summed E-state index contributed by atoms with van der Waals surface area (Å²) in [7, 11) is 1.90. The molecule has 0 bridgehead atoms. The number of nitrogens with zero attached hydrogens (tertiary/aromatic N) is 6. The minimum absolute atomic E-state index is 0.0242. The number of carbonyl (C=O) groups is 1. The molecule has 0 spiro atoms. The van der Waals surface area contributed by atoms with Gasteiger partial charge in [-0.3, -0.25) is 9.48 Å². The van der Waals surface area contributed by atoms with Crippen LogP contribution in [0.2, 0.25) is 0 Å². The van der Waals surface area contributed by atoms with Crippen LogP contribution in [0.4, 0.5) is 23.1 Å². The summed E-state index contributed by atoms with van der Waals surface area (Å²) in [6.07, 6.45) is 3.78. The molecule has 5 heterocycles. The number of H-pyrrole nitrogens is 1. The number of hydrogen-bond acceptors (Lipinski definition) is 7. The number of morpholine rings is 1. The van der Waals surface area contributed by atoms with E-state index < -0.39 is 0 Å². The molecule has 7 rings (SSSR count). The fraction of sp³-hybridized carbons (Fsp3) is 0.267. The summed E-state index contributed by atoms with van der Waals surface area (Å²) >= 11 is 0. The molecule has 0 unspecified atom stereocenters. The van der Waals surface area contributed by atoms with Crippen molar-refractivity contribution in [2.24, 2.45) is 7.05 Å². The number of nitrogens with one attached hydrogen (secondary N) is 2. The highest BCUT2D eigenvalue weighted by molar-refractivity contribution is 6.17. The van der Waals surface area contributed by atoms with Gasteiger partial charge in [0.1, 0.15) is 0 Å². The van der Waals surface area contributed by atoms with Crippen LogP contribution >= 0.6 is 0 Å². The first-order valence-corrected chi connectivity index (χ1v) is 13.5. The van der Waals surface area contributed by atoms with Crippen molar-refractivity contribution < 1.29 is 9.53 Å². The van der Waals surface area contributed by atoms with E-state index in [9.17, 15) is 4.79 Å². The first-order chi connectivity index (χ1) is 19.5. The summed E-state index contributed by atoms with van der Waals surface area (Å²) in [5, 5.41) is 8.67. The van der Waals surface area contributed by atoms with Gasteiger partial charge in [-0.2, -0.15) is 5.10 Å². The van der Waals surface area contributed by atoms with E-state index in [1.807, 2.05) is 62.5 Å². The van der Waals surface area contributed by atoms with Crippen LogP contribution < -0.4 is 15.1 Å². The summed E-state index contributed by atoms with van der Waals surface area (Å²) in [6.45, 7) is 7.45. The number of para-hydroxylation sites is 1. The number of anilines is 4. The number of fused-ring (bicyclic) bond motifs is 2. The zero-order valence-corrected chi connectivity index (χ0v) is 22.7. The summed E-state index contributed by atoms with van der Waals surface area (Å²) in [5.74, 6) is 1.20. The van der Waals surface area contributed by atoms with Gasteiger partial charge in [0, 0.05) is 55.2 Å². The van der Waals surface area contributed by atoms with Crippen molar-refractivity contribution in [1.29, 1.82) is 0 Å². The molecule has 0 saturated carbocycles. The molecule has 0 radical (unpaired) electrons. The SMILES string of the molecule is Cc1cnc(Nc2cc(C)n(C)n2)nc1-c1c[nH]c2c(N3Cc4cccc(N5CCOCC5)c4C3=O)cccc12. The smallest absolute Gasteiger partial charge is 0.261 e. The number of ether oxygens (including phenoxy) is 1. The minimum Gasteiger partial charge on any atom is -0.378 e. The van der Waals surface area contributed by atoms with Gasteiger partial charge in [-0.15, -0.1) is 0 Å². The van der Waals surface area contributed by atoms with E-state index in [1.54, 1.807) is 4.68 Å². The maximum Gasteiger partial charge on any atom is 0.261 e. The predicted molar refractivity (Wildman–Crippen MR) is 155 cm³/mol. The topological polar surface area (TPSA) is 104 Å². The minimum atomic E-state index is 0.0242. The highest BCUT2D eigenvalue weighted by atomic mass is 16.5. The van der Waals surface area contributed by atoms with Crippen molar-refractivity contribution in [3.05, 3.63) is 77.2 Å². The van der Waals surface area contributed by atoms with E-state index in [0.29, 0.717) is 31.5 Å². The maximum atomic E-state index is 13.9. The molecule has 10 heteroatoms.